The first kappa shape index (κ1) is 17.0. The van der Waals surface area contributed by atoms with Gasteiger partial charge in [-0.3, -0.25) is 0 Å². The molecule has 0 fully saturated rings. The first-order chi connectivity index (χ1) is 13.0. The summed E-state index contributed by atoms with van der Waals surface area (Å²) in [5, 5.41) is 20.3. The largest absolute Gasteiger partial charge is 0.477 e. The third-order valence-electron chi connectivity index (χ3n) is 4.38. The molecule has 2 heterocycles. The first-order valence-corrected chi connectivity index (χ1v) is 9.17. The van der Waals surface area contributed by atoms with Gasteiger partial charge in [-0.25, -0.2) is 9.78 Å². The smallest absolute Gasteiger partial charge is 0.347 e. The highest BCUT2D eigenvalue weighted by atomic mass is 32.1. The number of hydrogen-bond acceptors (Lipinski definition) is 4. The summed E-state index contributed by atoms with van der Waals surface area (Å²) < 4.78 is 0. The van der Waals surface area contributed by atoms with Gasteiger partial charge in [0.25, 0.3) is 0 Å². The van der Waals surface area contributed by atoms with E-state index in [0.717, 1.165) is 39.9 Å². The lowest BCUT2D eigenvalue weighted by atomic mass is 10.1. The monoisotopic (exact) mass is 373 g/mol. The van der Waals surface area contributed by atoms with Gasteiger partial charge in [-0.05, 0) is 30.7 Å². The van der Waals surface area contributed by atoms with Gasteiger partial charge in [0.15, 0.2) is 0 Å². The van der Waals surface area contributed by atoms with E-state index in [1.807, 2.05) is 30.3 Å². The summed E-state index contributed by atoms with van der Waals surface area (Å²) in [6, 6.07) is 18.1. The number of aryl methyl sites for hydroxylation is 1. The topological polar surface area (TPSA) is 89.8 Å². The zero-order valence-electron chi connectivity index (χ0n) is 14.5. The molecule has 2 N–H and O–H groups in total. The molecular formula is C21H15N3O2S. The quantitative estimate of drug-likeness (QED) is 0.540. The molecule has 2 aromatic carbocycles. The Morgan fingerprint density at radius 1 is 1.26 bits per heavy atom. The summed E-state index contributed by atoms with van der Waals surface area (Å²) >= 11 is 1.13. The minimum absolute atomic E-state index is 0.224. The zero-order valence-corrected chi connectivity index (χ0v) is 15.3. The number of hydrogen-bond donors (Lipinski definition) is 2. The molecule has 0 atom stereocenters. The Balaban J connectivity index is 1.79. The Hall–Kier alpha value is -3.43. The average Bonchev–Trinajstić information content (AvgIpc) is 3.24. The highest BCUT2D eigenvalue weighted by molar-refractivity contribution is 7.17. The zero-order chi connectivity index (χ0) is 19.0. The van der Waals surface area contributed by atoms with Crippen molar-refractivity contribution in [3.05, 3.63) is 75.9 Å². The van der Waals surface area contributed by atoms with Gasteiger partial charge in [0.2, 0.25) is 0 Å². The van der Waals surface area contributed by atoms with Gasteiger partial charge in [-0.2, -0.15) is 5.26 Å². The van der Waals surface area contributed by atoms with E-state index in [-0.39, 0.29) is 4.88 Å². The van der Waals surface area contributed by atoms with Gasteiger partial charge >= 0.3 is 5.97 Å². The number of nitriles is 1. The molecular weight excluding hydrogens is 358 g/mol. The molecule has 0 bridgehead atoms. The van der Waals surface area contributed by atoms with Gasteiger partial charge in [0, 0.05) is 23.1 Å². The summed E-state index contributed by atoms with van der Waals surface area (Å²) in [5.41, 5.74) is 4.76. The van der Waals surface area contributed by atoms with Crippen molar-refractivity contribution in [3.8, 4) is 16.6 Å². The Morgan fingerprint density at radius 2 is 2.04 bits per heavy atom. The van der Waals surface area contributed by atoms with Crippen LogP contribution in [0.4, 0.5) is 0 Å². The SMILES string of the molecule is Cc1nc(-c2cc(C#N)c3[nH]c(Cc4ccccc4)cc3c2)sc1C(=O)O. The molecule has 0 saturated heterocycles. The molecule has 132 valence electrons. The number of aromatic amines is 1. The number of carbonyl (C=O) groups is 1. The molecule has 0 aliphatic heterocycles. The molecule has 2 aromatic heterocycles. The second-order valence-electron chi connectivity index (χ2n) is 6.30. The fraction of sp³-hybridized carbons (Fsp3) is 0.0952. The van der Waals surface area contributed by atoms with Crippen LogP contribution in [0.15, 0.2) is 48.5 Å². The fourth-order valence-electron chi connectivity index (χ4n) is 3.14. The first-order valence-electron chi connectivity index (χ1n) is 8.36. The Kier molecular flexibility index (Phi) is 4.22. The number of aromatic nitrogens is 2. The predicted octanol–water partition coefficient (Wildman–Crippen LogP) is 4.76. The van der Waals surface area contributed by atoms with Crippen LogP contribution in [0, 0.1) is 18.3 Å². The normalized spacial score (nSPS) is 10.8. The van der Waals surface area contributed by atoms with Crippen molar-refractivity contribution in [1.29, 1.82) is 5.26 Å². The highest BCUT2D eigenvalue weighted by Crippen LogP contribution is 2.32. The van der Waals surface area contributed by atoms with E-state index in [1.54, 1.807) is 13.0 Å². The molecule has 4 aromatic rings. The number of aromatic carboxylic acids is 1. The third kappa shape index (κ3) is 3.21. The molecule has 0 spiro atoms. The number of rotatable bonds is 4. The van der Waals surface area contributed by atoms with Crippen LogP contribution in [0.5, 0.6) is 0 Å². The molecule has 6 heteroatoms. The number of fused-ring (bicyclic) bond motifs is 1. The lowest BCUT2D eigenvalue weighted by Crippen LogP contribution is -1.94. The van der Waals surface area contributed by atoms with Crippen molar-refractivity contribution < 1.29 is 9.90 Å². The second-order valence-corrected chi connectivity index (χ2v) is 7.29. The van der Waals surface area contributed by atoms with Crippen molar-refractivity contribution in [2.45, 2.75) is 13.3 Å². The van der Waals surface area contributed by atoms with Gasteiger partial charge < -0.3 is 10.1 Å². The number of benzene rings is 2. The lowest BCUT2D eigenvalue weighted by Gasteiger charge is -2.00. The molecule has 0 unspecified atom stereocenters. The van der Waals surface area contributed by atoms with Crippen LogP contribution in [0.1, 0.15) is 32.2 Å². The van der Waals surface area contributed by atoms with Crippen molar-refractivity contribution in [3.63, 3.8) is 0 Å². The molecule has 4 rings (SSSR count). The van der Waals surface area contributed by atoms with E-state index >= 15 is 0 Å². The maximum absolute atomic E-state index is 11.3. The Morgan fingerprint density at radius 3 is 2.70 bits per heavy atom. The van der Waals surface area contributed by atoms with E-state index < -0.39 is 5.97 Å². The lowest BCUT2D eigenvalue weighted by molar-refractivity contribution is 0.0701. The number of nitrogens with one attached hydrogen (secondary N) is 1. The number of carboxylic acids is 1. The summed E-state index contributed by atoms with van der Waals surface area (Å²) in [4.78, 5) is 19.2. The van der Waals surface area contributed by atoms with Crippen LogP contribution in [-0.4, -0.2) is 21.0 Å². The van der Waals surface area contributed by atoms with Crippen LogP contribution in [-0.2, 0) is 6.42 Å². The molecule has 5 nitrogen and oxygen atoms in total. The molecule has 0 amide bonds. The van der Waals surface area contributed by atoms with E-state index in [9.17, 15) is 15.2 Å². The van der Waals surface area contributed by atoms with Crippen molar-refractivity contribution >= 4 is 28.2 Å². The Bertz CT molecular complexity index is 1200. The summed E-state index contributed by atoms with van der Waals surface area (Å²) in [6.07, 6.45) is 0.745. The van der Waals surface area contributed by atoms with Crippen molar-refractivity contribution in [2.24, 2.45) is 0 Å². The second kappa shape index (κ2) is 6.71. The van der Waals surface area contributed by atoms with E-state index in [1.165, 1.54) is 5.56 Å². The highest BCUT2D eigenvalue weighted by Gasteiger charge is 2.17. The van der Waals surface area contributed by atoms with E-state index in [0.29, 0.717) is 16.3 Å². The van der Waals surface area contributed by atoms with Gasteiger partial charge in [0.05, 0.1) is 16.8 Å². The predicted molar refractivity (Wildman–Crippen MR) is 105 cm³/mol. The molecule has 0 saturated carbocycles. The Labute approximate surface area is 159 Å². The van der Waals surface area contributed by atoms with Crippen LogP contribution in [0.25, 0.3) is 21.5 Å². The van der Waals surface area contributed by atoms with Crippen LogP contribution >= 0.6 is 11.3 Å². The fourth-order valence-corrected chi connectivity index (χ4v) is 4.04. The number of H-pyrrole nitrogens is 1. The average molecular weight is 373 g/mol. The molecule has 27 heavy (non-hydrogen) atoms. The van der Waals surface area contributed by atoms with E-state index in [2.05, 4.69) is 28.2 Å². The van der Waals surface area contributed by atoms with Crippen LogP contribution in [0.3, 0.4) is 0 Å². The van der Waals surface area contributed by atoms with Gasteiger partial charge in [0.1, 0.15) is 16.0 Å². The minimum atomic E-state index is -0.982. The van der Waals surface area contributed by atoms with Gasteiger partial charge in [-0.15, -0.1) is 11.3 Å². The van der Waals surface area contributed by atoms with E-state index in [4.69, 9.17) is 0 Å². The standard InChI is InChI=1S/C21H15N3O2S/c1-12-19(21(25)26)27-20(23-12)15-8-14-10-17(7-13-5-3-2-4-6-13)24-18(14)16(9-15)11-22/h2-6,8-10,24H,7H2,1H3,(H,25,26). The minimum Gasteiger partial charge on any atom is -0.477 e. The molecule has 0 radical (unpaired) electrons. The number of thiazole rings is 1. The van der Waals surface area contributed by atoms with Crippen molar-refractivity contribution in [1.82, 2.24) is 9.97 Å². The van der Waals surface area contributed by atoms with Crippen LogP contribution < -0.4 is 0 Å². The maximum Gasteiger partial charge on any atom is 0.347 e. The van der Waals surface area contributed by atoms with Gasteiger partial charge in [-0.1, -0.05) is 30.3 Å². The molecule has 0 aliphatic rings. The van der Waals surface area contributed by atoms with Crippen LogP contribution in [0.2, 0.25) is 0 Å². The van der Waals surface area contributed by atoms with Crippen molar-refractivity contribution in [2.75, 3.05) is 0 Å². The molecule has 0 aliphatic carbocycles. The third-order valence-corrected chi connectivity index (χ3v) is 5.57. The number of carboxylic acid groups (broad SMARTS) is 1. The summed E-state index contributed by atoms with van der Waals surface area (Å²) in [5.74, 6) is -0.982. The number of nitrogens with zero attached hydrogens (tertiary/aromatic N) is 2. The maximum atomic E-state index is 11.3. The summed E-state index contributed by atoms with van der Waals surface area (Å²) in [6.45, 7) is 1.68. The summed E-state index contributed by atoms with van der Waals surface area (Å²) in [7, 11) is 0.